The summed E-state index contributed by atoms with van der Waals surface area (Å²) in [6, 6.07) is 11.3. The fourth-order valence-electron chi connectivity index (χ4n) is 2.56. The summed E-state index contributed by atoms with van der Waals surface area (Å²) in [5, 5.41) is 0. The van der Waals surface area contributed by atoms with Crippen LogP contribution in [0.5, 0.6) is 0 Å². The minimum Gasteiger partial charge on any atom is -0.201 e. The Hall–Kier alpha value is -1.63. The first-order valence-corrected chi connectivity index (χ1v) is 7.43. The molecule has 0 radical (unpaired) electrons. The van der Waals surface area contributed by atoms with Gasteiger partial charge in [-0.2, -0.15) is 0 Å². The summed E-state index contributed by atoms with van der Waals surface area (Å²) in [5.41, 5.74) is 6.91. The van der Waals surface area contributed by atoms with E-state index in [9.17, 15) is 0 Å². The zero-order valence-corrected chi connectivity index (χ0v) is 13.6. The van der Waals surface area contributed by atoms with Crippen LogP contribution in [0.15, 0.2) is 36.5 Å². The molecule has 2 aromatic rings. The molecule has 0 aliphatic heterocycles. The van der Waals surface area contributed by atoms with Gasteiger partial charge in [-0.1, -0.05) is 38.5 Å². The van der Waals surface area contributed by atoms with Crippen LogP contribution in [0.3, 0.4) is 0 Å². The molecule has 0 bridgehead atoms. The van der Waals surface area contributed by atoms with Crippen molar-refractivity contribution in [3.8, 4) is 11.3 Å². The van der Waals surface area contributed by atoms with Crippen molar-refractivity contribution >= 4 is 0 Å². The number of nitrogens with zero attached hydrogens (tertiary/aromatic N) is 1. The molecule has 1 heterocycles. The zero-order chi connectivity index (χ0) is 14.9. The fraction of sp³-hybridized carbons (Fsp3) is 0.421. The molecule has 1 heteroatoms. The highest BCUT2D eigenvalue weighted by atomic mass is 14.9. The second-order valence-corrected chi connectivity index (χ2v) is 6.47. The van der Waals surface area contributed by atoms with E-state index in [1.807, 2.05) is 0 Å². The first kappa shape index (κ1) is 14.8. The van der Waals surface area contributed by atoms with Crippen LogP contribution in [0.2, 0.25) is 0 Å². The molecule has 0 saturated carbocycles. The van der Waals surface area contributed by atoms with Crippen LogP contribution in [0, 0.1) is 13.8 Å². The van der Waals surface area contributed by atoms with Gasteiger partial charge in [0.2, 0.25) is 5.69 Å². The SMILES string of the molecule is CCC(C)(C)c1cc[n+](C)c(-c2ccc(C)cc2C)c1. The Labute approximate surface area is 123 Å². The van der Waals surface area contributed by atoms with E-state index in [-0.39, 0.29) is 5.41 Å². The number of hydrogen-bond acceptors (Lipinski definition) is 0. The van der Waals surface area contributed by atoms with Gasteiger partial charge >= 0.3 is 0 Å². The van der Waals surface area contributed by atoms with Crippen LogP contribution < -0.4 is 4.57 Å². The molecule has 0 aliphatic carbocycles. The number of aryl methyl sites for hydroxylation is 3. The van der Waals surface area contributed by atoms with Crippen LogP contribution in [0.1, 0.15) is 43.9 Å². The molecule has 1 aromatic heterocycles. The Bertz CT molecular complexity index is 624. The minimum atomic E-state index is 0.224. The lowest BCUT2D eigenvalue weighted by molar-refractivity contribution is -0.660. The standard InChI is InChI=1S/C19H26N/c1-7-19(4,5)16-10-11-20(6)18(13-16)17-9-8-14(2)12-15(17)3/h8-13H,7H2,1-6H3/q+1. The second-order valence-electron chi connectivity index (χ2n) is 6.47. The summed E-state index contributed by atoms with van der Waals surface area (Å²) in [6.45, 7) is 11.2. The molecule has 0 aliphatic rings. The summed E-state index contributed by atoms with van der Waals surface area (Å²) in [6.07, 6.45) is 3.33. The third kappa shape index (κ3) is 2.77. The number of pyridine rings is 1. The second kappa shape index (κ2) is 5.40. The van der Waals surface area contributed by atoms with E-state index in [0.29, 0.717) is 0 Å². The van der Waals surface area contributed by atoms with Gasteiger partial charge in [-0.15, -0.1) is 0 Å². The highest BCUT2D eigenvalue weighted by Gasteiger charge is 2.22. The molecular formula is C19H26N+. The van der Waals surface area contributed by atoms with Crippen molar-refractivity contribution in [2.45, 2.75) is 46.5 Å². The number of benzene rings is 1. The Morgan fingerprint density at radius 3 is 2.35 bits per heavy atom. The molecule has 20 heavy (non-hydrogen) atoms. The number of aromatic nitrogens is 1. The van der Waals surface area contributed by atoms with Crippen LogP contribution in [0.4, 0.5) is 0 Å². The van der Waals surface area contributed by atoms with Crippen molar-refractivity contribution in [3.63, 3.8) is 0 Å². The van der Waals surface area contributed by atoms with E-state index >= 15 is 0 Å². The van der Waals surface area contributed by atoms with Crippen molar-refractivity contribution < 1.29 is 4.57 Å². The average Bonchev–Trinajstić information content (AvgIpc) is 2.40. The predicted molar refractivity (Wildman–Crippen MR) is 85.8 cm³/mol. The van der Waals surface area contributed by atoms with Crippen molar-refractivity contribution in [2.75, 3.05) is 0 Å². The molecule has 0 fully saturated rings. The fourth-order valence-corrected chi connectivity index (χ4v) is 2.56. The molecule has 1 nitrogen and oxygen atoms in total. The maximum Gasteiger partial charge on any atom is 0.212 e. The van der Waals surface area contributed by atoms with E-state index in [2.05, 4.69) is 82.8 Å². The summed E-state index contributed by atoms with van der Waals surface area (Å²) < 4.78 is 2.22. The van der Waals surface area contributed by atoms with Crippen molar-refractivity contribution in [2.24, 2.45) is 7.05 Å². The van der Waals surface area contributed by atoms with Crippen molar-refractivity contribution in [3.05, 3.63) is 53.2 Å². The van der Waals surface area contributed by atoms with Gasteiger partial charge in [0.25, 0.3) is 0 Å². The molecular weight excluding hydrogens is 242 g/mol. The highest BCUT2D eigenvalue weighted by Crippen LogP contribution is 2.29. The molecule has 0 spiro atoms. The maximum absolute atomic E-state index is 2.35. The third-order valence-corrected chi connectivity index (χ3v) is 4.47. The Balaban J connectivity index is 2.59. The lowest BCUT2D eigenvalue weighted by Gasteiger charge is -2.23. The normalized spacial score (nSPS) is 11.7. The maximum atomic E-state index is 2.35. The van der Waals surface area contributed by atoms with Gasteiger partial charge in [0.1, 0.15) is 7.05 Å². The molecule has 0 unspecified atom stereocenters. The van der Waals surface area contributed by atoms with Gasteiger partial charge in [-0.25, -0.2) is 4.57 Å². The van der Waals surface area contributed by atoms with Gasteiger partial charge in [0.05, 0.1) is 0 Å². The molecule has 0 N–H and O–H groups in total. The number of hydrogen-bond donors (Lipinski definition) is 0. The molecule has 106 valence electrons. The largest absolute Gasteiger partial charge is 0.212 e. The van der Waals surface area contributed by atoms with Gasteiger partial charge in [-0.3, -0.25) is 0 Å². The highest BCUT2D eigenvalue weighted by molar-refractivity contribution is 5.62. The Morgan fingerprint density at radius 1 is 1.05 bits per heavy atom. The Morgan fingerprint density at radius 2 is 1.75 bits per heavy atom. The molecule has 0 atom stereocenters. The van der Waals surface area contributed by atoms with Crippen molar-refractivity contribution in [1.29, 1.82) is 0 Å². The number of rotatable bonds is 3. The van der Waals surface area contributed by atoms with Gasteiger partial charge < -0.3 is 0 Å². The quantitative estimate of drug-likeness (QED) is 0.722. The smallest absolute Gasteiger partial charge is 0.201 e. The third-order valence-electron chi connectivity index (χ3n) is 4.47. The van der Waals surface area contributed by atoms with Gasteiger partial charge in [-0.05, 0) is 42.9 Å². The summed E-state index contributed by atoms with van der Waals surface area (Å²) in [5.74, 6) is 0. The van der Waals surface area contributed by atoms with Gasteiger partial charge in [0, 0.05) is 17.7 Å². The first-order chi connectivity index (χ1) is 9.35. The van der Waals surface area contributed by atoms with E-state index < -0.39 is 0 Å². The Kier molecular flexibility index (Phi) is 3.99. The van der Waals surface area contributed by atoms with Crippen LogP contribution in [-0.4, -0.2) is 0 Å². The molecule has 0 amide bonds. The van der Waals surface area contributed by atoms with Crippen molar-refractivity contribution in [1.82, 2.24) is 0 Å². The zero-order valence-electron chi connectivity index (χ0n) is 13.6. The monoisotopic (exact) mass is 268 g/mol. The first-order valence-electron chi connectivity index (χ1n) is 7.43. The predicted octanol–water partition coefficient (Wildman–Crippen LogP) is 4.48. The topological polar surface area (TPSA) is 3.88 Å². The van der Waals surface area contributed by atoms with E-state index in [4.69, 9.17) is 0 Å². The van der Waals surface area contributed by atoms with Crippen LogP contribution in [-0.2, 0) is 12.5 Å². The summed E-state index contributed by atoms with van der Waals surface area (Å²) in [4.78, 5) is 0. The summed E-state index contributed by atoms with van der Waals surface area (Å²) >= 11 is 0. The lowest BCUT2D eigenvalue weighted by atomic mass is 9.82. The van der Waals surface area contributed by atoms with E-state index in [1.54, 1.807) is 0 Å². The average molecular weight is 268 g/mol. The van der Waals surface area contributed by atoms with Crippen LogP contribution >= 0.6 is 0 Å². The molecule has 0 saturated heterocycles. The molecule has 2 rings (SSSR count). The van der Waals surface area contributed by atoms with E-state index in [0.717, 1.165) is 6.42 Å². The van der Waals surface area contributed by atoms with Gasteiger partial charge in [0.15, 0.2) is 6.20 Å². The minimum absolute atomic E-state index is 0.224. The summed E-state index contributed by atoms with van der Waals surface area (Å²) in [7, 11) is 2.12. The van der Waals surface area contributed by atoms with E-state index in [1.165, 1.54) is 27.9 Å². The van der Waals surface area contributed by atoms with Crippen LogP contribution in [0.25, 0.3) is 11.3 Å². The molecule has 1 aromatic carbocycles. The lowest BCUT2D eigenvalue weighted by Crippen LogP contribution is -2.32.